The molecule has 1 aromatic heterocycles. The lowest BCUT2D eigenvalue weighted by molar-refractivity contribution is 0.411. The molecular weight excluding hydrogens is 349 g/mol. The van der Waals surface area contributed by atoms with Crippen LogP contribution in [0.2, 0.25) is 5.02 Å². The lowest BCUT2D eigenvalue weighted by Crippen LogP contribution is -1.96. The molecule has 4 nitrogen and oxygen atoms in total. The van der Waals surface area contributed by atoms with Gasteiger partial charge >= 0.3 is 0 Å². The molecule has 0 radical (unpaired) electrons. The molecule has 0 aliphatic heterocycles. The molecule has 1 heterocycles. The van der Waals surface area contributed by atoms with Crippen LogP contribution in [0.5, 0.6) is 5.75 Å². The maximum absolute atomic E-state index is 13.1. The minimum absolute atomic E-state index is 0.274. The highest BCUT2D eigenvalue weighted by Gasteiger charge is 2.13. The molecular formula is C17H15ClFN3OS. The van der Waals surface area contributed by atoms with Gasteiger partial charge in [0.05, 0.1) is 7.11 Å². The molecule has 0 spiro atoms. The van der Waals surface area contributed by atoms with E-state index in [1.54, 1.807) is 25.3 Å². The van der Waals surface area contributed by atoms with Gasteiger partial charge in [0, 0.05) is 29.0 Å². The second-order valence-corrected chi connectivity index (χ2v) is 6.50. The first-order valence-electron chi connectivity index (χ1n) is 7.19. The van der Waals surface area contributed by atoms with Crippen LogP contribution >= 0.6 is 23.4 Å². The van der Waals surface area contributed by atoms with Crippen LogP contribution in [-0.4, -0.2) is 21.9 Å². The van der Waals surface area contributed by atoms with E-state index in [-0.39, 0.29) is 5.82 Å². The van der Waals surface area contributed by atoms with Crippen LogP contribution in [0, 0.1) is 5.82 Å². The van der Waals surface area contributed by atoms with E-state index in [1.807, 2.05) is 23.7 Å². The Morgan fingerprint density at radius 2 is 1.92 bits per heavy atom. The Labute approximate surface area is 148 Å². The summed E-state index contributed by atoms with van der Waals surface area (Å²) in [6, 6.07) is 11.7. The fourth-order valence-electron chi connectivity index (χ4n) is 2.29. The van der Waals surface area contributed by atoms with E-state index in [0.717, 1.165) is 22.0 Å². The van der Waals surface area contributed by atoms with Crippen LogP contribution in [0.3, 0.4) is 0 Å². The van der Waals surface area contributed by atoms with E-state index in [9.17, 15) is 4.39 Å². The Bertz CT molecular complexity index is 852. The monoisotopic (exact) mass is 363 g/mol. The van der Waals surface area contributed by atoms with Crippen molar-refractivity contribution in [2.75, 3.05) is 7.11 Å². The van der Waals surface area contributed by atoms with E-state index >= 15 is 0 Å². The smallest absolute Gasteiger partial charge is 0.191 e. The average Bonchev–Trinajstić information content (AvgIpc) is 2.95. The van der Waals surface area contributed by atoms with Gasteiger partial charge in [-0.25, -0.2) is 4.39 Å². The molecule has 7 heteroatoms. The van der Waals surface area contributed by atoms with Crippen molar-refractivity contribution in [2.24, 2.45) is 7.05 Å². The Morgan fingerprint density at radius 3 is 2.62 bits per heavy atom. The number of benzene rings is 2. The number of halogens is 2. The van der Waals surface area contributed by atoms with Gasteiger partial charge in [-0.3, -0.25) is 0 Å². The average molecular weight is 364 g/mol. The minimum Gasteiger partial charge on any atom is -0.496 e. The summed E-state index contributed by atoms with van der Waals surface area (Å²) in [6.45, 7) is 0. The SMILES string of the molecule is COc1ccc(Cl)cc1CSc1nnc(-c2ccc(F)cc2)n1C. The second-order valence-electron chi connectivity index (χ2n) is 5.12. The molecule has 0 unspecified atom stereocenters. The number of rotatable bonds is 5. The van der Waals surface area contributed by atoms with Crippen molar-refractivity contribution in [1.29, 1.82) is 0 Å². The number of thioether (sulfide) groups is 1. The van der Waals surface area contributed by atoms with Gasteiger partial charge in [0.1, 0.15) is 11.6 Å². The third-order valence-corrected chi connectivity index (χ3v) is 4.84. The van der Waals surface area contributed by atoms with E-state index in [4.69, 9.17) is 16.3 Å². The zero-order chi connectivity index (χ0) is 17.1. The fourth-order valence-corrected chi connectivity index (χ4v) is 3.38. The zero-order valence-electron chi connectivity index (χ0n) is 13.2. The Balaban J connectivity index is 1.80. The number of aromatic nitrogens is 3. The molecule has 0 bridgehead atoms. The molecule has 0 amide bonds. The van der Waals surface area contributed by atoms with Crippen molar-refractivity contribution in [3.8, 4) is 17.1 Å². The molecule has 124 valence electrons. The first-order chi connectivity index (χ1) is 11.6. The molecule has 0 aliphatic carbocycles. The summed E-state index contributed by atoms with van der Waals surface area (Å²) in [7, 11) is 3.52. The molecule has 0 fully saturated rings. The lowest BCUT2D eigenvalue weighted by atomic mass is 10.2. The van der Waals surface area contributed by atoms with Gasteiger partial charge in [0.25, 0.3) is 0 Å². The van der Waals surface area contributed by atoms with Crippen LogP contribution in [0.1, 0.15) is 5.56 Å². The van der Waals surface area contributed by atoms with E-state index in [0.29, 0.717) is 16.6 Å². The molecule has 24 heavy (non-hydrogen) atoms. The van der Waals surface area contributed by atoms with Gasteiger partial charge in [-0.05, 0) is 42.5 Å². The topological polar surface area (TPSA) is 39.9 Å². The number of hydrogen-bond acceptors (Lipinski definition) is 4. The highest BCUT2D eigenvalue weighted by molar-refractivity contribution is 7.98. The third-order valence-electron chi connectivity index (χ3n) is 3.54. The molecule has 3 aromatic rings. The summed E-state index contributed by atoms with van der Waals surface area (Å²) in [5.41, 5.74) is 1.81. The summed E-state index contributed by atoms with van der Waals surface area (Å²) < 4.78 is 20.3. The maximum Gasteiger partial charge on any atom is 0.191 e. The highest BCUT2D eigenvalue weighted by atomic mass is 35.5. The summed E-state index contributed by atoms with van der Waals surface area (Å²) in [5.74, 6) is 1.85. The normalized spacial score (nSPS) is 10.8. The van der Waals surface area contributed by atoms with E-state index in [1.165, 1.54) is 23.9 Å². The summed E-state index contributed by atoms with van der Waals surface area (Å²) >= 11 is 7.59. The summed E-state index contributed by atoms with van der Waals surface area (Å²) in [4.78, 5) is 0. The Hall–Kier alpha value is -2.05. The molecule has 0 N–H and O–H groups in total. The Morgan fingerprint density at radius 1 is 1.17 bits per heavy atom. The Kier molecular flexibility index (Phi) is 5.06. The second kappa shape index (κ2) is 7.23. The largest absolute Gasteiger partial charge is 0.496 e. The van der Waals surface area contributed by atoms with Crippen molar-refractivity contribution < 1.29 is 9.13 Å². The van der Waals surface area contributed by atoms with Crippen molar-refractivity contribution in [1.82, 2.24) is 14.8 Å². The maximum atomic E-state index is 13.1. The van der Waals surface area contributed by atoms with Crippen molar-refractivity contribution >= 4 is 23.4 Å². The molecule has 0 atom stereocenters. The fraction of sp³-hybridized carbons (Fsp3) is 0.176. The molecule has 0 saturated heterocycles. The van der Waals surface area contributed by atoms with Crippen molar-refractivity contribution in [3.63, 3.8) is 0 Å². The zero-order valence-corrected chi connectivity index (χ0v) is 14.7. The number of hydrogen-bond donors (Lipinski definition) is 0. The van der Waals surface area contributed by atoms with Crippen molar-refractivity contribution in [2.45, 2.75) is 10.9 Å². The molecule has 0 saturated carbocycles. The predicted molar refractivity (Wildman–Crippen MR) is 94.0 cm³/mol. The number of ether oxygens (including phenoxy) is 1. The summed E-state index contributed by atoms with van der Waals surface area (Å²) in [5, 5.41) is 9.84. The predicted octanol–water partition coefficient (Wildman–Crippen LogP) is 4.58. The first-order valence-corrected chi connectivity index (χ1v) is 8.55. The van der Waals surface area contributed by atoms with Crippen LogP contribution in [-0.2, 0) is 12.8 Å². The van der Waals surface area contributed by atoms with Crippen molar-refractivity contribution in [3.05, 3.63) is 58.9 Å². The summed E-state index contributed by atoms with van der Waals surface area (Å²) in [6.07, 6.45) is 0. The van der Waals surface area contributed by atoms with Gasteiger partial charge < -0.3 is 9.30 Å². The van der Waals surface area contributed by atoms with Gasteiger partial charge in [0.2, 0.25) is 0 Å². The first kappa shape index (κ1) is 16.8. The van der Waals surface area contributed by atoms with Crippen LogP contribution in [0.15, 0.2) is 47.6 Å². The third kappa shape index (κ3) is 3.55. The van der Waals surface area contributed by atoms with Crippen LogP contribution < -0.4 is 4.74 Å². The van der Waals surface area contributed by atoms with E-state index < -0.39 is 0 Å². The van der Waals surface area contributed by atoms with Gasteiger partial charge in [-0.1, -0.05) is 23.4 Å². The molecule has 3 rings (SSSR count). The standard InChI is InChI=1S/C17H15ClFN3OS/c1-22-16(11-3-6-14(19)7-4-11)20-21-17(22)24-10-12-9-13(18)5-8-15(12)23-2/h3-9H,10H2,1-2H3. The minimum atomic E-state index is -0.274. The number of nitrogens with zero attached hydrogens (tertiary/aromatic N) is 3. The number of methoxy groups -OCH3 is 1. The lowest BCUT2D eigenvalue weighted by Gasteiger charge is -2.08. The molecule has 2 aromatic carbocycles. The van der Waals surface area contributed by atoms with Gasteiger partial charge in [-0.15, -0.1) is 10.2 Å². The quantitative estimate of drug-likeness (QED) is 0.622. The molecule has 0 aliphatic rings. The van der Waals surface area contributed by atoms with Gasteiger partial charge in [0.15, 0.2) is 11.0 Å². The van der Waals surface area contributed by atoms with Gasteiger partial charge in [-0.2, -0.15) is 0 Å². The van der Waals surface area contributed by atoms with E-state index in [2.05, 4.69) is 10.2 Å². The highest BCUT2D eigenvalue weighted by Crippen LogP contribution is 2.30. The van der Waals surface area contributed by atoms with Crippen LogP contribution in [0.25, 0.3) is 11.4 Å². The van der Waals surface area contributed by atoms with Crippen LogP contribution in [0.4, 0.5) is 4.39 Å².